The van der Waals surface area contributed by atoms with E-state index in [4.69, 9.17) is 9.84 Å². The lowest BCUT2D eigenvalue weighted by atomic mass is 10.2. The van der Waals surface area contributed by atoms with Crippen molar-refractivity contribution in [2.75, 3.05) is 0 Å². The molecule has 0 radical (unpaired) electrons. The summed E-state index contributed by atoms with van der Waals surface area (Å²) in [6.45, 7) is 0. The van der Waals surface area contributed by atoms with Crippen LogP contribution in [0.3, 0.4) is 0 Å². The Bertz CT molecular complexity index is 656. The van der Waals surface area contributed by atoms with Crippen LogP contribution >= 0.6 is 0 Å². The summed E-state index contributed by atoms with van der Waals surface area (Å²) in [5, 5.41) is 8.83. The van der Waals surface area contributed by atoms with Crippen molar-refractivity contribution >= 4 is 17.0 Å². The first-order chi connectivity index (χ1) is 9.06. The van der Waals surface area contributed by atoms with Crippen molar-refractivity contribution in [2.24, 2.45) is 0 Å². The fourth-order valence-corrected chi connectivity index (χ4v) is 2.21. The highest BCUT2D eigenvalue weighted by molar-refractivity contribution is 5.76. The molecule has 1 fully saturated rings. The molecular formula is C12H10F2N2O3. The van der Waals surface area contributed by atoms with E-state index in [0.717, 1.165) is 6.07 Å². The highest BCUT2D eigenvalue weighted by Gasteiger charge is 2.33. The van der Waals surface area contributed by atoms with E-state index in [2.05, 4.69) is 9.97 Å². The third-order valence-corrected chi connectivity index (χ3v) is 3.16. The molecule has 0 bridgehead atoms. The third kappa shape index (κ3) is 1.95. The minimum Gasteiger partial charge on any atom is -0.479 e. The van der Waals surface area contributed by atoms with Gasteiger partial charge in [0.2, 0.25) is 0 Å². The number of halogens is 2. The molecule has 1 aromatic heterocycles. The lowest BCUT2D eigenvalue weighted by Gasteiger charge is -2.07. The average molecular weight is 268 g/mol. The Morgan fingerprint density at radius 3 is 2.89 bits per heavy atom. The van der Waals surface area contributed by atoms with Gasteiger partial charge in [0, 0.05) is 0 Å². The number of benzene rings is 1. The van der Waals surface area contributed by atoms with Gasteiger partial charge in [-0.2, -0.15) is 0 Å². The Labute approximate surface area is 106 Å². The van der Waals surface area contributed by atoms with E-state index >= 15 is 0 Å². The third-order valence-electron chi connectivity index (χ3n) is 3.16. The molecule has 1 aromatic carbocycles. The van der Waals surface area contributed by atoms with Crippen LogP contribution in [-0.4, -0.2) is 27.1 Å². The number of aromatic amines is 1. The molecule has 2 aromatic rings. The van der Waals surface area contributed by atoms with E-state index in [0.29, 0.717) is 24.2 Å². The number of carbonyl (C=O) groups is 1. The second-order valence-corrected chi connectivity index (χ2v) is 4.41. The van der Waals surface area contributed by atoms with Crippen LogP contribution in [0.4, 0.5) is 8.78 Å². The van der Waals surface area contributed by atoms with Gasteiger partial charge in [-0.25, -0.2) is 18.6 Å². The molecule has 3 rings (SSSR count). The van der Waals surface area contributed by atoms with Gasteiger partial charge < -0.3 is 14.8 Å². The van der Waals surface area contributed by atoms with Gasteiger partial charge in [0.15, 0.2) is 17.7 Å². The number of carboxylic acid groups (broad SMARTS) is 1. The molecule has 1 saturated heterocycles. The largest absolute Gasteiger partial charge is 0.479 e. The van der Waals surface area contributed by atoms with Crippen LogP contribution in [0.5, 0.6) is 0 Å². The number of aliphatic carboxylic acids is 1. The summed E-state index contributed by atoms with van der Waals surface area (Å²) >= 11 is 0. The SMILES string of the molecule is O=C(O)C1CCC(c2nc3c(F)c(F)ccc3[nH]2)O1. The maximum atomic E-state index is 13.5. The van der Waals surface area contributed by atoms with E-state index in [1.165, 1.54) is 6.07 Å². The summed E-state index contributed by atoms with van der Waals surface area (Å²) in [6, 6.07) is 2.39. The van der Waals surface area contributed by atoms with Crippen LogP contribution < -0.4 is 0 Å². The van der Waals surface area contributed by atoms with Crippen LogP contribution in [-0.2, 0) is 9.53 Å². The van der Waals surface area contributed by atoms with Gasteiger partial charge in [-0.05, 0) is 25.0 Å². The highest BCUT2D eigenvalue weighted by atomic mass is 19.2. The molecule has 2 atom stereocenters. The van der Waals surface area contributed by atoms with Crippen LogP contribution in [0.15, 0.2) is 12.1 Å². The van der Waals surface area contributed by atoms with Crippen molar-refractivity contribution in [1.29, 1.82) is 0 Å². The quantitative estimate of drug-likeness (QED) is 0.875. The smallest absolute Gasteiger partial charge is 0.332 e. The first kappa shape index (κ1) is 12.0. The number of nitrogens with zero attached hydrogens (tertiary/aromatic N) is 1. The molecule has 7 heteroatoms. The summed E-state index contributed by atoms with van der Waals surface area (Å²) in [7, 11) is 0. The topological polar surface area (TPSA) is 75.2 Å². The van der Waals surface area contributed by atoms with Crippen LogP contribution in [0.1, 0.15) is 24.8 Å². The fraction of sp³-hybridized carbons (Fsp3) is 0.333. The van der Waals surface area contributed by atoms with Gasteiger partial charge in [0.05, 0.1) is 5.52 Å². The Morgan fingerprint density at radius 2 is 2.21 bits per heavy atom. The number of imidazole rings is 1. The molecule has 0 aliphatic carbocycles. The first-order valence-corrected chi connectivity index (χ1v) is 5.78. The molecule has 1 aliphatic heterocycles. The predicted octanol–water partition coefficient (Wildman–Crippen LogP) is 2.15. The normalized spacial score (nSPS) is 23.1. The van der Waals surface area contributed by atoms with Crippen molar-refractivity contribution in [3.63, 3.8) is 0 Å². The zero-order valence-electron chi connectivity index (χ0n) is 9.69. The number of hydrogen-bond donors (Lipinski definition) is 2. The Balaban J connectivity index is 1.94. The lowest BCUT2D eigenvalue weighted by Crippen LogP contribution is -2.18. The van der Waals surface area contributed by atoms with Crippen LogP contribution in [0, 0.1) is 11.6 Å². The van der Waals surface area contributed by atoms with E-state index in [1.807, 2.05) is 0 Å². The maximum Gasteiger partial charge on any atom is 0.332 e. The van der Waals surface area contributed by atoms with Crippen LogP contribution in [0.25, 0.3) is 11.0 Å². The molecule has 19 heavy (non-hydrogen) atoms. The van der Waals surface area contributed by atoms with Gasteiger partial charge in [0.25, 0.3) is 0 Å². The summed E-state index contributed by atoms with van der Waals surface area (Å²) in [5.41, 5.74) is 0.258. The van der Waals surface area contributed by atoms with Gasteiger partial charge >= 0.3 is 5.97 Å². The predicted molar refractivity (Wildman–Crippen MR) is 60.5 cm³/mol. The summed E-state index contributed by atoms with van der Waals surface area (Å²) < 4.78 is 31.9. The van der Waals surface area contributed by atoms with E-state index < -0.39 is 29.8 Å². The van der Waals surface area contributed by atoms with Crippen molar-refractivity contribution in [2.45, 2.75) is 25.0 Å². The van der Waals surface area contributed by atoms with Gasteiger partial charge in [-0.15, -0.1) is 0 Å². The molecule has 2 N–H and O–H groups in total. The first-order valence-electron chi connectivity index (χ1n) is 5.78. The van der Waals surface area contributed by atoms with Crippen molar-refractivity contribution in [3.8, 4) is 0 Å². The summed E-state index contributed by atoms with van der Waals surface area (Å²) in [6.07, 6.45) is -0.565. The number of ether oxygens (including phenoxy) is 1. The minimum absolute atomic E-state index is 0.0997. The molecular weight excluding hydrogens is 258 g/mol. The highest BCUT2D eigenvalue weighted by Crippen LogP contribution is 2.32. The second kappa shape index (κ2) is 4.27. The van der Waals surface area contributed by atoms with E-state index in [9.17, 15) is 13.6 Å². The van der Waals surface area contributed by atoms with E-state index in [1.54, 1.807) is 0 Å². The molecule has 100 valence electrons. The van der Waals surface area contributed by atoms with Crippen molar-refractivity contribution in [1.82, 2.24) is 9.97 Å². The number of aromatic nitrogens is 2. The zero-order valence-corrected chi connectivity index (χ0v) is 9.69. The number of fused-ring (bicyclic) bond motifs is 1. The number of rotatable bonds is 2. The minimum atomic E-state index is -1.03. The molecule has 0 spiro atoms. The Hall–Kier alpha value is -2.02. The number of hydrogen-bond acceptors (Lipinski definition) is 3. The number of H-pyrrole nitrogens is 1. The summed E-state index contributed by atoms with van der Waals surface area (Å²) in [4.78, 5) is 17.6. The number of carboxylic acids is 1. The fourth-order valence-electron chi connectivity index (χ4n) is 2.21. The monoisotopic (exact) mass is 268 g/mol. The number of nitrogens with one attached hydrogen (secondary N) is 1. The van der Waals surface area contributed by atoms with Gasteiger partial charge in [0.1, 0.15) is 17.4 Å². The molecule has 1 aliphatic rings. The molecule has 2 heterocycles. The lowest BCUT2D eigenvalue weighted by molar-refractivity contribution is -0.149. The molecule has 5 nitrogen and oxygen atoms in total. The zero-order chi connectivity index (χ0) is 13.6. The van der Waals surface area contributed by atoms with E-state index in [-0.39, 0.29) is 5.52 Å². The average Bonchev–Trinajstić information content (AvgIpc) is 2.99. The molecule has 2 unspecified atom stereocenters. The Morgan fingerprint density at radius 1 is 1.42 bits per heavy atom. The van der Waals surface area contributed by atoms with Gasteiger partial charge in [-0.1, -0.05) is 0 Å². The summed E-state index contributed by atoms with van der Waals surface area (Å²) in [5.74, 6) is -2.70. The second-order valence-electron chi connectivity index (χ2n) is 4.41. The maximum absolute atomic E-state index is 13.5. The standard InChI is InChI=1S/C12H10F2N2O3/c13-5-1-2-6-10(9(5)14)16-11(15-6)7-3-4-8(19-7)12(17)18/h1-2,7-8H,3-4H2,(H,15,16)(H,17,18). The van der Waals surface area contributed by atoms with Crippen molar-refractivity contribution in [3.05, 3.63) is 29.6 Å². The molecule has 0 amide bonds. The molecule has 0 saturated carbocycles. The van der Waals surface area contributed by atoms with Crippen molar-refractivity contribution < 1.29 is 23.4 Å². The van der Waals surface area contributed by atoms with Crippen LogP contribution in [0.2, 0.25) is 0 Å². The Kier molecular flexibility index (Phi) is 2.70. The van der Waals surface area contributed by atoms with Gasteiger partial charge in [-0.3, -0.25) is 0 Å².